The molecule has 1 N–H and O–H groups in total. The molecule has 0 unspecified atom stereocenters. The van der Waals surface area contributed by atoms with Crippen molar-refractivity contribution < 1.29 is 9.72 Å². The predicted molar refractivity (Wildman–Crippen MR) is 86.0 cm³/mol. The lowest BCUT2D eigenvalue weighted by Gasteiger charge is -2.08. The maximum atomic E-state index is 11.9. The Balaban J connectivity index is 1.97. The maximum Gasteiger partial charge on any atom is 0.404 e. The molecule has 0 atom stereocenters. The van der Waals surface area contributed by atoms with E-state index >= 15 is 0 Å². The van der Waals surface area contributed by atoms with Gasteiger partial charge in [-0.1, -0.05) is 17.7 Å². The second kappa shape index (κ2) is 6.89. The smallest absolute Gasteiger partial charge is 0.358 e. The van der Waals surface area contributed by atoms with Crippen molar-refractivity contribution in [2.45, 2.75) is 19.9 Å². The third-order valence-corrected chi connectivity index (χ3v) is 3.71. The van der Waals surface area contributed by atoms with Gasteiger partial charge in [-0.2, -0.15) is 4.68 Å². The number of amides is 1. The number of anilines is 1. The lowest BCUT2D eigenvalue weighted by atomic mass is 10.2. The van der Waals surface area contributed by atoms with Crippen LogP contribution in [0, 0.1) is 17.0 Å². The lowest BCUT2D eigenvalue weighted by molar-refractivity contribution is -0.390. The van der Waals surface area contributed by atoms with Gasteiger partial charge in [0.15, 0.2) is 0 Å². The number of nitrogens with zero attached hydrogens (tertiary/aromatic N) is 3. The topological polar surface area (TPSA) is 90.1 Å². The first-order chi connectivity index (χ1) is 10.4. The zero-order valence-electron chi connectivity index (χ0n) is 11.5. The average molecular weight is 388 g/mol. The van der Waals surface area contributed by atoms with E-state index < -0.39 is 4.92 Å². The number of rotatable bonds is 5. The van der Waals surface area contributed by atoms with Crippen LogP contribution in [-0.4, -0.2) is 20.6 Å². The summed E-state index contributed by atoms with van der Waals surface area (Å²) >= 11 is 8.94. The number of aryl methyl sites for hydroxylation is 2. The van der Waals surface area contributed by atoms with E-state index in [0.29, 0.717) is 10.7 Å². The molecular formula is C13H12BrClN4O3. The van der Waals surface area contributed by atoms with Crippen LogP contribution in [0.5, 0.6) is 0 Å². The molecule has 0 aliphatic carbocycles. The van der Waals surface area contributed by atoms with E-state index in [4.69, 9.17) is 11.6 Å². The Morgan fingerprint density at radius 1 is 1.55 bits per heavy atom. The Kier molecular flexibility index (Phi) is 5.15. The van der Waals surface area contributed by atoms with Gasteiger partial charge in [-0.3, -0.25) is 4.79 Å². The summed E-state index contributed by atoms with van der Waals surface area (Å²) in [5.41, 5.74) is 1.54. The Bertz CT molecular complexity index is 732. The number of nitrogens with one attached hydrogen (secondary N) is 1. The SMILES string of the molecule is Cc1ccc(Cl)cc1NC(=O)CCn1cc(Br)c([N+](=O)[O-])n1. The van der Waals surface area contributed by atoms with E-state index in [1.807, 2.05) is 13.0 Å². The van der Waals surface area contributed by atoms with Gasteiger partial charge in [0.2, 0.25) is 5.91 Å². The second-order valence-electron chi connectivity index (χ2n) is 4.58. The largest absolute Gasteiger partial charge is 0.404 e. The van der Waals surface area contributed by atoms with Crippen LogP contribution >= 0.6 is 27.5 Å². The summed E-state index contributed by atoms with van der Waals surface area (Å²) in [6.07, 6.45) is 1.60. The van der Waals surface area contributed by atoms with E-state index in [9.17, 15) is 14.9 Å². The first-order valence-corrected chi connectivity index (χ1v) is 7.47. The molecule has 116 valence electrons. The number of nitro groups is 1. The molecule has 0 aliphatic heterocycles. The van der Waals surface area contributed by atoms with Crippen molar-refractivity contribution in [1.82, 2.24) is 9.78 Å². The number of carbonyl (C=O) groups excluding carboxylic acids is 1. The molecule has 2 rings (SSSR count). The predicted octanol–water partition coefficient (Wildman–Crippen LogP) is 3.54. The molecule has 1 amide bonds. The summed E-state index contributed by atoms with van der Waals surface area (Å²) in [6, 6.07) is 5.23. The van der Waals surface area contributed by atoms with Crippen LogP contribution in [0.15, 0.2) is 28.9 Å². The molecule has 0 saturated heterocycles. The van der Waals surface area contributed by atoms with E-state index in [2.05, 4.69) is 26.3 Å². The van der Waals surface area contributed by atoms with Gasteiger partial charge in [0.05, 0.1) is 17.8 Å². The van der Waals surface area contributed by atoms with E-state index in [1.54, 1.807) is 12.1 Å². The van der Waals surface area contributed by atoms with Gasteiger partial charge in [0.25, 0.3) is 0 Å². The first-order valence-electron chi connectivity index (χ1n) is 6.30. The molecule has 1 heterocycles. The average Bonchev–Trinajstić information content (AvgIpc) is 2.82. The van der Waals surface area contributed by atoms with Crippen molar-refractivity contribution in [2.24, 2.45) is 0 Å². The van der Waals surface area contributed by atoms with Gasteiger partial charge < -0.3 is 15.4 Å². The molecule has 1 aromatic carbocycles. The normalized spacial score (nSPS) is 10.5. The Labute approximate surface area is 139 Å². The number of aromatic nitrogens is 2. The fraction of sp³-hybridized carbons (Fsp3) is 0.231. The molecule has 9 heteroatoms. The summed E-state index contributed by atoms with van der Waals surface area (Å²) in [7, 11) is 0. The van der Waals surface area contributed by atoms with Crippen LogP contribution in [-0.2, 0) is 11.3 Å². The minimum atomic E-state index is -0.587. The van der Waals surface area contributed by atoms with Gasteiger partial charge in [0, 0.05) is 17.1 Å². The van der Waals surface area contributed by atoms with Gasteiger partial charge in [-0.05, 0) is 45.5 Å². The monoisotopic (exact) mass is 386 g/mol. The highest BCUT2D eigenvalue weighted by molar-refractivity contribution is 9.10. The molecule has 0 spiro atoms. The molecule has 2 aromatic rings. The highest BCUT2D eigenvalue weighted by atomic mass is 79.9. The van der Waals surface area contributed by atoms with E-state index in [-0.39, 0.29) is 29.2 Å². The van der Waals surface area contributed by atoms with Crippen LogP contribution in [0.3, 0.4) is 0 Å². The minimum absolute atomic E-state index is 0.136. The Morgan fingerprint density at radius 3 is 2.91 bits per heavy atom. The molecule has 1 aromatic heterocycles. The molecule has 0 bridgehead atoms. The Hall–Kier alpha value is -1.93. The van der Waals surface area contributed by atoms with Crippen molar-refractivity contribution >= 4 is 44.9 Å². The molecular weight excluding hydrogens is 376 g/mol. The number of hydrogen-bond acceptors (Lipinski definition) is 4. The van der Waals surface area contributed by atoms with Crippen molar-refractivity contribution in [2.75, 3.05) is 5.32 Å². The summed E-state index contributed by atoms with van der Waals surface area (Å²) in [5.74, 6) is -0.495. The number of halogens is 2. The van der Waals surface area contributed by atoms with Crippen molar-refractivity contribution in [3.8, 4) is 0 Å². The first kappa shape index (κ1) is 16.4. The van der Waals surface area contributed by atoms with Gasteiger partial charge >= 0.3 is 5.82 Å². The fourth-order valence-corrected chi connectivity index (χ4v) is 2.42. The quantitative estimate of drug-likeness (QED) is 0.627. The van der Waals surface area contributed by atoms with Crippen LogP contribution in [0.4, 0.5) is 11.5 Å². The fourth-order valence-electron chi connectivity index (χ4n) is 1.78. The molecule has 0 aliphatic rings. The zero-order valence-corrected chi connectivity index (χ0v) is 13.9. The second-order valence-corrected chi connectivity index (χ2v) is 5.87. The third kappa shape index (κ3) is 4.05. The van der Waals surface area contributed by atoms with Crippen LogP contribution in [0.1, 0.15) is 12.0 Å². The summed E-state index contributed by atoms with van der Waals surface area (Å²) in [5, 5.41) is 17.8. The van der Waals surface area contributed by atoms with Gasteiger partial charge in [-0.25, -0.2) is 0 Å². The van der Waals surface area contributed by atoms with Crippen LogP contribution in [0.25, 0.3) is 0 Å². The van der Waals surface area contributed by atoms with E-state index in [1.165, 1.54) is 10.9 Å². The zero-order chi connectivity index (χ0) is 16.3. The molecule has 0 saturated carbocycles. The standard InChI is InChI=1S/C13H12BrClN4O3/c1-8-2-3-9(15)6-11(8)16-12(20)4-5-18-7-10(14)13(17-18)19(21)22/h2-3,6-7H,4-5H2,1H3,(H,16,20). The number of carbonyl (C=O) groups is 1. The maximum absolute atomic E-state index is 11.9. The lowest BCUT2D eigenvalue weighted by Crippen LogP contribution is -2.15. The summed E-state index contributed by atoms with van der Waals surface area (Å²) in [4.78, 5) is 22.0. The summed E-state index contributed by atoms with van der Waals surface area (Å²) in [6.45, 7) is 2.10. The van der Waals surface area contributed by atoms with Gasteiger partial charge in [0.1, 0.15) is 4.47 Å². The Morgan fingerprint density at radius 2 is 2.27 bits per heavy atom. The highest BCUT2D eigenvalue weighted by Crippen LogP contribution is 2.22. The summed E-state index contributed by atoms with van der Waals surface area (Å²) < 4.78 is 1.63. The van der Waals surface area contributed by atoms with E-state index in [0.717, 1.165) is 5.56 Å². The molecule has 0 fully saturated rings. The van der Waals surface area contributed by atoms with Crippen molar-refractivity contribution in [3.05, 3.63) is 49.6 Å². The number of benzene rings is 1. The van der Waals surface area contributed by atoms with Crippen LogP contribution < -0.4 is 5.32 Å². The van der Waals surface area contributed by atoms with Crippen molar-refractivity contribution in [3.63, 3.8) is 0 Å². The minimum Gasteiger partial charge on any atom is -0.358 e. The highest BCUT2D eigenvalue weighted by Gasteiger charge is 2.18. The number of hydrogen-bond donors (Lipinski definition) is 1. The molecule has 22 heavy (non-hydrogen) atoms. The van der Waals surface area contributed by atoms with Crippen molar-refractivity contribution in [1.29, 1.82) is 0 Å². The molecule has 0 radical (unpaired) electrons. The van der Waals surface area contributed by atoms with Crippen LogP contribution in [0.2, 0.25) is 5.02 Å². The third-order valence-electron chi connectivity index (χ3n) is 2.91. The molecule has 7 nitrogen and oxygen atoms in total. The van der Waals surface area contributed by atoms with Gasteiger partial charge in [-0.15, -0.1) is 0 Å².